The number of fused-ring (bicyclic) bond motifs is 2. The summed E-state index contributed by atoms with van der Waals surface area (Å²) in [7, 11) is 0. The predicted octanol–water partition coefficient (Wildman–Crippen LogP) is 4.48. The van der Waals surface area contributed by atoms with E-state index in [1.807, 2.05) is 26.8 Å². The number of hydrogen-bond acceptors (Lipinski definition) is 5. The zero-order valence-electron chi connectivity index (χ0n) is 17.5. The molecule has 0 spiro atoms. The zero-order chi connectivity index (χ0) is 21.3. The first-order valence-electron chi connectivity index (χ1n) is 10.3. The second-order valence-corrected chi connectivity index (χ2v) is 7.14. The number of nitrogens with two attached hydrogens (primary N) is 1. The summed E-state index contributed by atoms with van der Waals surface area (Å²) in [6.07, 6.45) is 4.45. The standard InChI is InChI=1S/C21H19FN6.C2H6/c1-12-18-20(23)24-11-25-21(18)28(27-12)10-14-9-13-5-4-8-17(13)26-19(14)15-6-2-3-7-16(15)22;1-2/h2-3,6-7,9,11H,4-5,8,10H2,1H3,(H2,23,24,25);1-2H3. The van der Waals surface area contributed by atoms with Crippen LogP contribution >= 0.6 is 0 Å². The molecule has 1 aromatic carbocycles. The highest BCUT2D eigenvalue weighted by Crippen LogP contribution is 2.31. The Morgan fingerprint density at radius 2 is 1.93 bits per heavy atom. The molecule has 7 heteroatoms. The minimum Gasteiger partial charge on any atom is -0.383 e. The van der Waals surface area contributed by atoms with E-state index in [1.54, 1.807) is 16.8 Å². The summed E-state index contributed by atoms with van der Waals surface area (Å²) >= 11 is 0. The van der Waals surface area contributed by atoms with Gasteiger partial charge in [0.05, 0.1) is 23.3 Å². The first-order valence-corrected chi connectivity index (χ1v) is 10.3. The van der Waals surface area contributed by atoms with Crippen LogP contribution in [0.4, 0.5) is 10.2 Å². The molecule has 0 fully saturated rings. The number of hydrogen-bond donors (Lipinski definition) is 1. The van der Waals surface area contributed by atoms with Gasteiger partial charge in [-0.25, -0.2) is 19.0 Å². The number of pyridine rings is 1. The summed E-state index contributed by atoms with van der Waals surface area (Å²) in [5.74, 6) is 0.137. The summed E-state index contributed by atoms with van der Waals surface area (Å²) in [5.41, 5.74) is 11.9. The van der Waals surface area contributed by atoms with E-state index in [0.717, 1.165) is 41.6 Å². The molecule has 2 N–H and O–H groups in total. The van der Waals surface area contributed by atoms with Crippen LogP contribution in [-0.2, 0) is 19.4 Å². The Kier molecular flexibility index (Phi) is 5.44. The third-order valence-corrected chi connectivity index (χ3v) is 5.31. The van der Waals surface area contributed by atoms with Gasteiger partial charge in [-0.3, -0.25) is 4.98 Å². The van der Waals surface area contributed by atoms with Gasteiger partial charge in [0, 0.05) is 16.8 Å². The number of nitrogens with zero attached hydrogens (tertiary/aromatic N) is 5. The van der Waals surface area contributed by atoms with Gasteiger partial charge in [0.15, 0.2) is 5.65 Å². The first-order chi connectivity index (χ1) is 14.6. The molecule has 5 rings (SSSR count). The van der Waals surface area contributed by atoms with Gasteiger partial charge in [-0.05, 0) is 49.9 Å². The molecule has 0 saturated heterocycles. The molecule has 0 bridgehead atoms. The van der Waals surface area contributed by atoms with E-state index >= 15 is 0 Å². The highest BCUT2D eigenvalue weighted by Gasteiger charge is 2.21. The normalized spacial score (nSPS) is 12.5. The highest BCUT2D eigenvalue weighted by atomic mass is 19.1. The van der Waals surface area contributed by atoms with Crippen molar-refractivity contribution >= 4 is 16.9 Å². The van der Waals surface area contributed by atoms with E-state index in [4.69, 9.17) is 10.7 Å². The lowest BCUT2D eigenvalue weighted by atomic mass is 10.0. The topological polar surface area (TPSA) is 82.5 Å². The number of aryl methyl sites for hydroxylation is 3. The summed E-state index contributed by atoms with van der Waals surface area (Å²) in [6, 6.07) is 8.91. The van der Waals surface area contributed by atoms with Crippen LogP contribution in [0.5, 0.6) is 0 Å². The van der Waals surface area contributed by atoms with Crippen LogP contribution < -0.4 is 5.73 Å². The Balaban J connectivity index is 0.00000106. The molecule has 0 radical (unpaired) electrons. The number of anilines is 1. The van der Waals surface area contributed by atoms with Gasteiger partial charge in [-0.15, -0.1) is 0 Å². The van der Waals surface area contributed by atoms with Crippen LogP contribution in [0.2, 0.25) is 0 Å². The Labute approximate surface area is 175 Å². The molecule has 1 aliphatic carbocycles. The van der Waals surface area contributed by atoms with E-state index in [-0.39, 0.29) is 5.82 Å². The average molecular weight is 404 g/mol. The number of benzene rings is 1. The summed E-state index contributed by atoms with van der Waals surface area (Å²) in [4.78, 5) is 13.3. The molecule has 0 saturated carbocycles. The van der Waals surface area contributed by atoms with Crippen LogP contribution in [0.25, 0.3) is 22.3 Å². The second kappa shape index (κ2) is 8.18. The lowest BCUT2D eigenvalue weighted by molar-refractivity contribution is 0.629. The first kappa shape index (κ1) is 19.9. The number of nitrogen functional groups attached to an aromatic ring is 1. The molecule has 3 heterocycles. The van der Waals surface area contributed by atoms with Gasteiger partial charge in [0.1, 0.15) is 18.0 Å². The van der Waals surface area contributed by atoms with Crippen molar-refractivity contribution in [2.24, 2.45) is 0 Å². The van der Waals surface area contributed by atoms with Crippen molar-refractivity contribution in [3.05, 3.63) is 65.0 Å². The maximum Gasteiger partial charge on any atom is 0.163 e. The zero-order valence-corrected chi connectivity index (χ0v) is 17.5. The van der Waals surface area contributed by atoms with Crippen molar-refractivity contribution in [2.75, 3.05) is 5.73 Å². The number of rotatable bonds is 3. The Morgan fingerprint density at radius 3 is 2.73 bits per heavy atom. The largest absolute Gasteiger partial charge is 0.383 e. The molecule has 3 aromatic heterocycles. The fourth-order valence-corrected chi connectivity index (χ4v) is 4.01. The summed E-state index contributed by atoms with van der Waals surface area (Å²) in [6.45, 7) is 6.32. The fraction of sp³-hybridized carbons (Fsp3) is 0.304. The summed E-state index contributed by atoms with van der Waals surface area (Å²) in [5, 5.41) is 5.36. The average Bonchev–Trinajstić information content (AvgIpc) is 3.34. The summed E-state index contributed by atoms with van der Waals surface area (Å²) < 4.78 is 16.4. The second-order valence-electron chi connectivity index (χ2n) is 7.14. The maximum atomic E-state index is 14.6. The third kappa shape index (κ3) is 3.40. The van der Waals surface area contributed by atoms with Gasteiger partial charge in [-0.1, -0.05) is 26.0 Å². The van der Waals surface area contributed by atoms with E-state index in [2.05, 4.69) is 21.1 Å². The van der Waals surface area contributed by atoms with Crippen molar-refractivity contribution in [1.82, 2.24) is 24.7 Å². The van der Waals surface area contributed by atoms with Crippen LogP contribution in [0.15, 0.2) is 36.7 Å². The smallest absolute Gasteiger partial charge is 0.163 e. The van der Waals surface area contributed by atoms with Crippen molar-refractivity contribution in [2.45, 2.75) is 46.6 Å². The predicted molar refractivity (Wildman–Crippen MR) is 117 cm³/mol. The molecule has 0 unspecified atom stereocenters. The van der Waals surface area contributed by atoms with Crippen molar-refractivity contribution < 1.29 is 4.39 Å². The molecule has 154 valence electrons. The van der Waals surface area contributed by atoms with Gasteiger partial charge in [-0.2, -0.15) is 5.10 Å². The monoisotopic (exact) mass is 404 g/mol. The van der Waals surface area contributed by atoms with E-state index < -0.39 is 0 Å². The van der Waals surface area contributed by atoms with Crippen molar-refractivity contribution in [1.29, 1.82) is 0 Å². The molecular weight excluding hydrogens is 379 g/mol. The minimum atomic E-state index is -0.276. The molecule has 0 atom stereocenters. The highest BCUT2D eigenvalue weighted by molar-refractivity contribution is 5.87. The Morgan fingerprint density at radius 1 is 1.13 bits per heavy atom. The molecule has 4 aromatic rings. The van der Waals surface area contributed by atoms with Gasteiger partial charge in [0.25, 0.3) is 0 Å². The molecule has 0 amide bonds. The van der Waals surface area contributed by atoms with Gasteiger partial charge in [0.2, 0.25) is 0 Å². The molecule has 30 heavy (non-hydrogen) atoms. The van der Waals surface area contributed by atoms with Crippen LogP contribution in [0, 0.1) is 12.7 Å². The molecule has 6 nitrogen and oxygen atoms in total. The maximum absolute atomic E-state index is 14.6. The molecule has 1 aliphatic rings. The Hall–Kier alpha value is -3.35. The minimum absolute atomic E-state index is 0.276. The molecular formula is C23H25FN6. The third-order valence-electron chi connectivity index (χ3n) is 5.31. The lowest BCUT2D eigenvalue weighted by Gasteiger charge is -2.13. The Bertz CT molecular complexity index is 1210. The van der Waals surface area contributed by atoms with Crippen molar-refractivity contribution in [3.8, 4) is 11.3 Å². The van der Waals surface area contributed by atoms with Gasteiger partial charge >= 0.3 is 0 Å². The lowest BCUT2D eigenvalue weighted by Crippen LogP contribution is -2.08. The van der Waals surface area contributed by atoms with E-state index in [9.17, 15) is 4.39 Å². The SMILES string of the molecule is CC.Cc1nn(Cc2cc3c(nc2-c2ccccc2F)CCC3)c2ncnc(N)c12. The van der Waals surface area contributed by atoms with Crippen LogP contribution in [0.1, 0.15) is 42.8 Å². The van der Waals surface area contributed by atoms with Crippen molar-refractivity contribution in [3.63, 3.8) is 0 Å². The van der Waals surface area contributed by atoms with E-state index in [0.29, 0.717) is 29.3 Å². The molecule has 0 aliphatic heterocycles. The van der Waals surface area contributed by atoms with Gasteiger partial charge < -0.3 is 5.73 Å². The quantitative estimate of drug-likeness (QED) is 0.544. The fourth-order valence-electron chi connectivity index (χ4n) is 4.01. The van der Waals surface area contributed by atoms with E-state index in [1.165, 1.54) is 18.0 Å². The number of halogens is 1. The van der Waals surface area contributed by atoms with Crippen LogP contribution in [-0.4, -0.2) is 24.7 Å². The number of aromatic nitrogens is 5. The van der Waals surface area contributed by atoms with Crippen LogP contribution in [0.3, 0.4) is 0 Å².